The summed E-state index contributed by atoms with van der Waals surface area (Å²) >= 11 is 0. The molecule has 5 nitrogen and oxygen atoms in total. The molecule has 0 aliphatic rings. The molecule has 0 fully saturated rings. The molecular formula is C15H26N4O. The van der Waals surface area contributed by atoms with Gasteiger partial charge in [-0.25, -0.2) is 0 Å². The first-order valence-electron chi connectivity index (χ1n) is 6.98. The summed E-state index contributed by atoms with van der Waals surface area (Å²) < 4.78 is 5.16. The topological polar surface area (TPSA) is 62.9 Å². The number of benzene rings is 1. The van der Waals surface area contributed by atoms with Crippen LogP contribution in [0.2, 0.25) is 0 Å². The van der Waals surface area contributed by atoms with Gasteiger partial charge in [-0.15, -0.1) is 0 Å². The molecule has 0 spiro atoms. The van der Waals surface area contributed by atoms with Gasteiger partial charge in [0.15, 0.2) is 5.96 Å². The Morgan fingerprint density at radius 3 is 2.90 bits per heavy atom. The normalized spacial score (nSPS) is 13.3. The van der Waals surface area contributed by atoms with Gasteiger partial charge in [0.1, 0.15) is 5.75 Å². The SMILES string of the molecule is CCC(C)N(C)CCN=C(N)Nc1cccc(OC)c1. The van der Waals surface area contributed by atoms with Crippen molar-refractivity contribution >= 4 is 11.6 Å². The molecule has 0 saturated carbocycles. The molecule has 1 atom stereocenters. The third kappa shape index (κ3) is 5.48. The number of rotatable bonds is 7. The molecule has 20 heavy (non-hydrogen) atoms. The second-order valence-electron chi connectivity index (χ2n) is 4.86. The van der Waals surface area contributed by atoms with Gasteiger partial charge in [0, 0.05) is 24.3 Å². The van der Waals surface area contributed by atoms with E-state index in [-0.39, 0.29) is 0 Å². The number of methoxy groups -OCH3 is 1. The second-order valence-corrected chi connectivity index (χ2v) is 4.86. The van der Waals surface area contributed by atoms with E-state index < -0.39 is 0 Å². The van der Waals surface area contributed by atoms with Crippen molar-refractivity contribution in [3.8, 4) is 5.75 Å². The number of nitrogens with two attached hydrogens (primary N) is 1. The molecule has 0 bridgehead atoms. The minimum atomic E-state index is 0.427. The molecule has 112 valence electrons. The molecule has 0 aliphatic heterocycles. The minimum Gasteiger partial charge on any atom is -0.497 e. The van der Waals surface area contributed by atoms with Crippen molar-refractivity contribution in [1.29, 1.82) is 0 Å². The molecule has 1 aromatic rings. The summed E-state index contributed by atoms with van der Waals surface area (Å²) in [5, 5.41) is 3.06. The van der Waals surface area contributed by atoms with Crippen LogP contribution >= 0.6 is 0 Å². The van der Waals surface area contributed by atoms with Crippen molar-refractivity contribution in [2.45, 2.75) is 26.3 Å². The maximum atomic E-state index is 5.87. The zero-order valence-electron chi connectivity index (χ0n) is 12.9. The lowest BCUT2D eigenvalue weighted by molar-refractivity contribution is 0.259. The molecule has 0 aliphatic carbocycles. The number of nitrogens with one attached hydrogen (secondary N) is 1. The summed E-state index contributed by atoms with van der Waals surface area (Å²) in [7, 11) is 3.75. The lowest BCUT2D eigenvalue weighted by Crippen LogP contribution is -2.31. The number of hydrogen-bond acceptors (Lipinski definition) is 3. The third-order valence-corrected chi connectivity index (χ3v) is 3.42. The molecule has 0 amide bonds. The number of guanidine groups is 1. The van der Waals surface area contributed by atoms with Crippen LogP contribution in [-0.2, 0) is 0 Å². The Labute approximate surface area is 121 Å². The van der Waals surface area contributed by atoms with Gasteiger partial charge in [-0.05, 0) is 32.5 Å². The van der Waals surface area contributed by atoms with E-state index in [2.05, 4.69) is 36.1 Å². The van der Waals surface area contributed by atoms with E-state index in [1.165, 1.54) is 0 Å². The minimum absolute atomic E-state index is 0.427. The zero-order chi connectivity index (χ0) is 15.0. The van der Waals surface area contributed by atoms with E-state index in [1.807, 2.05) is 24.3 Å². The Kier molecular flexibility index (Phi) is 6.87. The van der Waals surface area contributed by atoms with Crippen LogP contribution in [-0.4, -0.2) is 44.1 Å². The van der Waals surface area contributed by atoms with E-state index in [9.17, 15) is 0 Å². The van der Waals surface area contributed by atoms with Gasteiger partial charge in [-0.3, -0.25) is 4.99 Å². The number of likely N-dealkylation sites (N-methyl/N-ethyl adjacent to an activating group) is 1. The van der Waals surface area contributed by atoms with E-state index in [1.54, 1.807) is 7.11 Å². The smallest absolute Gasteiger partial charge is 0.193 e. The summed E-state index contributed by atoms with van der Waals surface area (Å²) in [6.45, 7) is 5.98. The first kappa shape index (κ1) is 16.3. The first-order valence-corrected chi connectivity index (χ1v) is 6.98. The molecule has 0 aromatic heterocycles. The lowest BCUT2D eigenvalue weighted by atomic mass is 10.2. The highest BCUT2D eigenvalue weighted by molar-refractivity contribution is 5.92. The average molecular weight is 278 g/mol. The molecule has 0 heterocycles. The highest BCUT2D eigenvalue weighted by Gasteiger charge is 2.05. The highest BCUT2D eigenvalue weighted by Crippen LogP contribution is 2.16. The largest absolute Gasteiger partial charge is 0.497 e. The van der Waals surface area contributed by atoms with Crippen molar-refractivity contribution in [3.05, 3.63) is 24.3 Å². The molecular weight excluding hydrogens is 252 g/mol. The first-order chi connectivity index (χ1) is 9.56. The number of hydrogen-bond donors (Lipinski definition) is 2. The molecule has 0 radical (unpaired) electrons. The highest BCUT2D eigenvalue weighted by atomic mass is 16.5. The predicted molar refractivity (Wildman–Crippen MR) is 85.5 cm³/mol. The standard InChI is InChI=1S/C15H26N4O/c1-5-12(2)19(3)10-9-17-15(16)18-13-7-6-8-14(11-13)20-4/h6-8,11-12H,5,9-10H2,1-4H3,(H3,16,17,18). The number of nitrogens with zero attached hydrogens (tertiary/aromatic N) is 2. The van der Waals surface area contributed by atoms with Crippen LogP contribution in [0, 0.1) is 0 Å². The number of anilines is 1. The molecule has 1 aromatic carbocycles. The van der Waals surface area contributed by atoms with Gasteiger partial charge in [0.05, 0.1) is 13.7 Å². The van der Waals surface area contributed by atoms with Gasteiger partial charge in [0.25, 0.3) is 0 Å². The molecule has 3 N–H and O–H groups in total. The fourth-order valence-electron chi connectivity index (χ4n) is 1.75. The van der Waals surface area contributed by atoms with Crippen LogP contribution in [0.5, 0.6) is 5.75 Å². The summed E-state index contributed by atoms with van der Waals surface area (Å²) in [5.41, 5.74) is 6.75. The van der Waals surface area contributed by atoms with Gasteiger partial charge in [0.2, 0.25) is 0 Å². The van der Waals surface area contributed by atoms with Crippen molar-refractivity contribution in [2.75, 3.05) is 32.6 Å². The fraction of sp³-hybridized carbons (Fsp3) is 0.533. The Morgan fingerprint density at radius 1 is 1.50 bits per heavy atom. The van der Waals surface area contributed by atoms with E-state index in [0.717, 1.165) is 24.4 Å². The Hall–Kier alpha value is -1.75. The number of aliphatic imine (C=N–C) groups is 1. The second kappa shape index (κ2) is 8.43. The Balaban J connectivity index is 2.45. The molecule has 1 rings (SSSR count). The summed E-state index contributed by atoms with van der Waals surface area (Å²) in [4.78, 5) is 6.61. The van der Waals surface area contributed by atoms with Crippen LogP contribution in [0.25, 0.3) is 0 Å². The number of ether oxygens (including phenoxy) is 1. The maximum Gasteiger partial charge on any atom is 0.193 e. The predicted octanol–water partition coefficient (Wildman–Crippen LogP) is 2.15. The quantitative estimate of drug-likeness (QED) is 0.592. The lowest BCUT2D eigenvalue weighted by Gasteiger charge is -2.22. The molecule has 0 saturated heterocycles. The monoisotopic (exact) mass is 278 g/mol. The average Bonchev–Trinajstić information content (AvgIpc) is 2.46. The molecule has 5 heteroatoms. The van der Waals surface area contributed by atoms with Crippen molar-refractivity contribution in [3.63, 3.8) is 0 Å². The summed E-state index contributed by atoms with van der Waals surface area (Å²) in [5.74, 6) is 1.22. The van der Waals surface area contributed by atoms with Crippen LogP contribution in [0.1, 0.15) is 20.3 Å². The van der Waals surface area contributed by atoms with Crippen LogP contribution in [0.4, 0.5) is 5.69 Å². The zero-order valence-corrected chi connectivity index (χ0v) is 12.9. The Bertz CT molecular complexity index is 434. The van der Waals surface area contributed by atoms with Crippen LogP contribution in [0.15, 0.2) is 29.3 Å². The maximum absolute atomic E-state index is 5.87. The van der Waals surface area contributed by atoms with Crippen LogP contribution in [0.3, 0.4) is 0 Å². The fourth-order valence-corrected chi connectivity index (χ4v) is 1.75. The van der Waals surface area contributed by atoms with Gasteiger partial charge in [-0.2, -0.15) is 0 Å². The van der Waals surface area contributed by atoms with Gasteiger partial charge >= 0.3 is 0 Å². The van der Waals surface area contributed by atoms with Crippen molar-refractivity contribution in [2.24, 2.45) is 10.7 Å². The third-order valence-electron chi connectivity index (χ3n) is 3.42. The Morgan fingerprint density at radius 2 is 2.25 bits per heavy atom. The summed E-state index contributed by atoms with van der Waals surface area (Å²) in [6, 6.07) is 8.17. The van der Waals surface area contributed by atoms with Gasteiger partial charge < -0.3 is 20.7 Å². The van der Waals surface area contributed by atoms with Crippen molar-refractivity contribution < 1.29 is 4.74 Å². The summed E-state index contributed by atoms with van der Waals surface area (Å²) in [6.07, 6.45) is 1.14. The van der Waals surface area contributed by atoms with Crippen LogP contribution < -0.4 is 15.8 Å². The van der Waals surface area contributed by atoms with E-state index >= 15 is 0 Å². The van der Waals surface area contributed by atoms with Gasteiger partial charge in [-0.1, -0.05) is 13.0 Å². The van der Waals surface area contributed by atoms with E-state index in [0.29, 0.717) is 18.5 Å². The molecule has 1 unspecified atom stereocenters. The van der Waals surface area contributed by atoms with E-state index in [4.69, 9.17) is 10.5 Å². The van der Waals surface area contributed by atoms with Crippen molar-refractivity contribution in [1.82, 2.24) is 4.90 Å².